The van der Waals surface area contributed by atoms with Crippen LogP contribution in [0.4, 0.5) is 0 Å². The Balaban J connectivity index is 0.000000605. The predicted molar refractivity (Wildman–Crippen MR) is 38.8 cm³/mol. The first-order chi connectivity index (χ1) is 4.86. The van der Waals surface area contributed by atoms with E-state index in [1.807, 2.05) is 35.9 Å². The van der Waals surface area contributed by atoms with Crippen molar-refractivity contribution in [1.82, 2.24) is 9.38 Å². The van der Waals surface area contributed by atoms with Gasteiger partial charge in [0, 0.05) is 27.3 Å². The number of imidazole rings is 1. The normalized spacial score (nSPS) is 9.55. The fourth-order valence-corrected chi connectivity index (χ4v) is 1.01. The molecule has 0 saturated heterocycles. The fraction of sp³-hybridized carbons (Fsp3) is 0.125. The van der Waals surface area contributed by atoms with Crippen molar-refractivity contribution in [3.8, 4) is 0 Å². The van der Waals surface area contributed by atoms with E-state index in [1.54, 1.807) is 0 Å². The van der Waals surface area contributed by atoms with Crippen LogP contribution in [-0.2, 0) is 21.1 Å². The molecule has 0 amide bonds. The Morgan fingerprint density at radius 2 is 2.36 bits per heavy atom. The molecule has 2 aromatic heterocycles. The van der Waals surface area contributed by atoms with Crippen molar-refractivity contribution in [3.63, 3.8) is 0 Å². The Labute approximate surface area is 79.5 Å². The number of pyridine rings is 1. The van der Waals surface area contributed by atoms with Crippen molar-refractivity contribution in [2.45, 2.75) is 6.92 Å². The first-order valence-electron chi connectivity index (χ1n) is 3.18. The second-order valence-corrected chi connectivity index (χ2v) is 2.28. The number of nitrogens with zero attached hydrogens (tertiary/aromatic N) is 2. The van der Waals surface area contributed by atoms with Gasteiger partial charge in [0.05, 0.1) is 11.3 Å². The van der Waals surface area contributed by atoms with Crippen LogP contribution in [-0.4, -0.2) is 9.38 Å². The molecule has 2 rings (SSSR count). The minimum atomic E-state index is 0. The maximum Gasteiger partial charge on any atom is 0.0543 e. The SMILES string of the molecule is Cc1cn2c[c-]ccc2n1.[Mo]. The summed E-state index contributed by atoms with van der Waals surface area (Å²) in [6.07, 6.45) is 3.85. The van der Waals surface area contributed by atoms with Gasteiger partial charge in [-0.1, -0.05) is 6.20 Å². The van der Waals surface area contributed by atoms with Gasteiger partial charge in [0.15, 0.2) is 0 Å². The molecule has 0 spiro atoms. The Bertz CT molecular complexity index is 321. The molecule has 56 valence electrons. The average molecular weight is 227 g/mol. The van der Waals surface area contributed by atoms with Crippen LogP contribution in [0.3, 0.4) is 0 Å². The van der Waals surface area contributed by atoms with Crippen LogP contribution in [0, 0.1) is 13.0 Å². The summed E-state index contributed by atoms with van der Waals surface area (Å²) in [5.41, 5.74) is 2.02. The number of fused-ring (bicyclic) bond motifs is 1. The zero-order valence-electron chi connectivity index (χ0n) is 6.11. The van der Waals surface area contributed by atoms with Gasteiger partial charge in [-0.25, -0.2) is 12.1 Å². The van der Waals surface area contributed by atoms with E-state index in [2.05, 4.69) is 11.1 Å². The van der Waals surface area contributed by atoms with Gasteiger partial charge in [0.2, 0.25) is 0 Å². The zero-order valence-corrected chi connectivity index (χ0v) is 8.12. The van der Waals surface area contributed by atoms with Gasteiger partial charge in [-0.3, -0.25) is 4.98 Å². The molecule has 0 N–H and O–H groups in total. The van der Waals surface area contributed by atoms with E-state index in [0.717, 1.165) is 11.3 Å². The number of aromatic nitrogens is 2. The third kappa shape index (κ3) is 1.51. The molecule has 0 atom stereocenters. The summed E-state index contributed by atoms with van der Waals surface area (Å²) in [6, 6.07) is 6.77. The van der Waals surface area contributed by atoms with Crippen molar-refractivity contribution in [3.05, 3.63) is 36.3 Å². The van der Waals surface area contributed by atoms with Gasteiger partial charge >= 0.3 is 0 Å². The maximum atomic E-state index is 4.26. The molecular weight excluding hydrogens is 220 g/mol. The van der Waals surface area contributed by atoms with E-state index in [4.69, 9.17) is 0 Å². The minimum absolute atomic E-state index is 0. The van der Waals surface area contributed by atoms with Crippen molar-refractivity contribution in [2.24, 2.45) is 0 Å². The minimum Gasteiger partial charge on any atom is -0.340 e. The largest absolute Gasteiger partial charge is 0.340 e. The molecule has 2 nitrogen and oxygen atoms in total. The van der Waals surface area contributed by atoms with Crippen LogP contribution in [0.15, 0.2) is 24.5 Å². The summed E-state index contributed by atoms with van der Waals surface area (Å²) in [6.45, 7) is 1.98. The molecule has 2 aromatic rings. The molecule has 0 fully saturated rings. The summed E-state index contributed by atoms with van der Waals surface area (Å²) in [7, 11) is 0. The molecule has 0 saturated carbocycles. The summed E-state index contributed by atoms with van der Waals surface area (Å²) in [4.78, 5) is 4.26. The Hall–Kier alpha value is -0.622. The second kappa shape index (κ2) is 3.18. The standard InChI is InChI=1S/C8H7N2.Mo/c1-7-6-10-5-3-2-4-8(10)9-7;/h2,4-6H,1H3;/q-1;. The van der Waals surface area contributed by atoms with E-state index in [0.29, 0.717) is 0 Å². The molecule has 0 unspecified atom stereocenters. The van der Waals surface area contributed by atoms with E-state index in [-0.39, 0.29) is 21.1 Å². The Morgan fingerprint density at radius 1 is 1.55 bits per heavy atom. The number of rotatable bonds is 0. The summed E-state index contributed by atoms with van der Waals surface area (Å²) in [5.74, 6) is 0. The predicted octanol–water partition coefficient (Wildman–Crippen LogP) is 1.44. The quantitative estimate of drug-likeness (QED) is 0.491. The number of hydrogen-bond acceptors (Lipinski definition) is 1. The van der Waals surface area contributed by atoms with Crippen LogP contribution in [0.5, 0.6) is 0 Å². The number of hydrogen-bond donors (Lipinski definition) is 0. The molecule has 0 aromatic carbocycles. The summed E-state index contributed by atoms with van der Waals surface area (Å²) < 4.78 is 1.95. The molecule has 0 radical (unpaired) electrons. The Morgan fingerprint density at radius 3 is 3.09 bits per heavy atom. The van der Waals surface area contributed by atoms with Crippen molar-refractivity contribution in [2.75, 3.05) is 0 Å². The topological polar surface area (TPSA) is 17.3 Å². The molecule has 11 heavy (non-hydrogen) atoms. The molecule has 0 aliphatic carbocycles. The van der Waals surface area contributed by atoms with Gasteiger partial charge in [-0.15, -0.1) is 0 Å². The number of aryl methyl sites for hydroxylation is 1. The molecule has 2 heterocycles. The monoisotopic (exact) mass is 229 g/mol. The van der Waals surface area contributed by atoms with Crippen LogP contribution >= 0.6 is 0 Å². The van der Waals surface area contributed by atoms with Crippen molar-refractivity contribution in [1.29, 1.82) is 0 Å². The third-order valence-electron chi connectivity index (χ3n) is 1.42. The van der Waals surface area contributed by atoms with E-state index in [1.165, 1.54) is 0 Å². The van der Waals surface area contributed by atoms with Crippen LogP contribution < -0.4 is 0 Å². The van der Waals surface area contributed by atoms with Gasteiger partial charge in [0.25, 0.3) is 0 Å². The van der Waals surface area contributed by atoms with Gasteiger partial charge in [0.1, 0.15) is 0 Å². The molecular formula is C8H7MoN2-. The summed E-state index contributed by atoms with van der Waals surface area (Å²) in [5, 5.41) is 0. The maximum absolute atomic E-state index is 4.26. The van der Waals surface area contributed by atoms with Gasteiger partial charge < -0.3 is 4.40 Å². The van der Waals surface area contributed by atoms with Crippen LogP contribution in [0.25, 0.3) is 5.65 Å². The van der Waals surface area contributed by atoms with E-state index >= 15 is 0 Å². The Kier molecular flexibility index (Phi) is 2.45. The second-order valence-electron chi connectivity index (χ2n) is 2.28. The van der Waals surface area contributed by atoms with Crippen molar-refractivity contribution >= 4 is 5.65 Å². The molecule has 3 heteroatoms. The molecule has 0 aliphatic rings. The first kappa shape index (κ1) is 8.47. The summed E-state index contributed by atoms with van der Waals surface area (Å²) >= 11 is 0. The molecule has 0 aliphatic heterocycles. The smallest absolute Gasteiger partial charge is 0.0543 e. The fourth-order valence-electron chi connectivity index (χ4n) is 1.01. The van der Waals surface area contributed by atoms with Crippen LogP contribution in [0.2, 0.25) is 0 Å². The van der Waals surface area contributed by atoms with Gasteiger partial charge in [-0.2, -0.15) is 6.07 Å². The van der Waals surface area contributed by atoms with E-state index < -0.39 is 0 Å². The first-order valence-corrected chi connectivity index (χ1v) is 3.18. The average Bonchev–Trinajstić information content (AvgIpc) is 2.27. The zero-order chi connectivity index (χ0) is 6.97. The van der Waals surface area contributed by atoms with E-state index in [9.17, 15) is 0 Å². The van der Waals surface area contributed by atoms with Crippen LogP contribution in [0.1, 0.15) is 5.69 Å². The molecule has 0 bridgehead atoms. The third-order valence-corrected chi connectivity index (χ3v) is 1.42. The van der Waals surface area contributed by atoms with Gasteiger partial charge in [-0.05, 0) is 6.92 Å². The van der Waals surface area contributed by atoms with Crippen molar-refractivity contribution < 1.29 is 21.1 Å².